The van der Waals surface area contributed by atoms with Crippen molar-refractivity contribution in [3.8, 4) is 0 Å². The van der Waals surface area contributed by atoms with Gasteiger partial charge in [-0.05, 0) is 56.3 Å². The van der Waals surface area contributed by atoms with Crippen LogP contribution in [0.25, 0.3) is 0 Å². The van der Waals surface area contributed by atoms with E-state index in [4.69, 9.17) is 0 Å². The highest BCUT2D eigenvalue weighted by molar-refractivity contribution is 5.78. The summed E-state index contributed by atoms with van der Waals surface area (Å²) in [6, 6.07) is -0.292. The summed E-state index contributed by atoms with van der Waals surface area (Å²) in [4.78, 5) is 23.1. The fraction of sp³-hybridized carbons (Fsp3) is 0.867. The van der Waals surface area contributed by atoms with Crippen molar-refractivity contribution in [2.45, 2.75) is 50.2 Å². The van der Waals surface area contributed by atoms with Crippen molar-refractivity contribution in [3.05, 3.63) is 0 Å². The van der Waals surface area contributed by atoms with E-state index in [0.29, 0.717) is 0 Å². The van der Waals surface area contributed by atoms with Crippen molar-refractivity contribution in [2.75, 3.05) is 13.7 Å². The zero-order valence-corrected chi connectivity index (χ0v) is 12.4. The molecular formula is C15H24N2O4. The Balaban J connectivity index is 1.52. The van der Waals surface area contributed by atoms with Crippen LogP contribution in [0.15, 0.2) is 0 Å². The smallest absolute Gasteiger partial charge is 0.336 e. The number of nitrogens with one attached hydrogen (secondary N) is 2. The third kappa shape index (κ3) is 3.00. The average molecular weight is 296 g/mol. The number of carbonyl (C=O) groups is 2. The third-order valence-corrected chi connectivity index (χ3v) is 5.35. The molecule has 0 saturated heterocycles. The van der Waals surface area contributed by atoms with Gasteiger partial charge in [-0.3, -0.25) is 0 Å². The SMILES string of the molecule is COC(=O)C(O)CNC(=O)NC12CC3CC(CC(C3)C1)C2. The van der Waals surface area contributed by atoms with Gasteiger partial charge in [-0.25, -0.2) is 9.59 Å². The van der Waals surface area contributed by atoms with E-state index in [-0.39, 0.29) is 18.1 Å². The van der Waals surface area contributed by atoms with Gasteiger partial charge in [0.1, 0.15) is 0 Å². The van der Waals surface area contributed by atoms with E-state index in [9.17, 15) is 14.7 Å². The maximum Gasteiger partial charge on any atom is 0.336 e. The number of methoxy groups -OCH3 is 1. The summed E-state index contributed by atoms with van der Waals surface area (Å²) in [5.41, 5.74) is -0.0605. The molecule has 4 rings (SSSR count). The minimum Gasteiger partial charge on any atom is -0.467 e. The molecule has 21 heavy (non-hydrogen) atoms. The predicted molar refractivity (Wildman–Crippen MR) is 75.5 cm³/mol. The van der Waals surface area contributed by atoms with Crippen LogP contribution in [-0.2, 0) is 9.53 Å². The summed E-state index contributed by atoms with van der Waals surface area (Å²) in [6.07, 6.45) is 5.89. The number of ether oxygens (including phenoxy) is 1. The van der Waals surface area contributed by atoms with Crippen molar-refractivity contribution in [1.82, 2.24) is 10.6 Å². The minimum absolute atomic E-state index is 0.0605. The van der Waals surface area contributed by atoms with Gasteiger partial charge in [0.2, 0.25) is 0 Å². The lowest BCUT2D eigenvalue weighted by atomic mass is 9.53. The molecule has 1 unspecified atom stereocenters. The van der Waals surface area contributed by atoms with Crippen LogP contribution in [-0.4, -0.2) is 42.4 Å². The van der Waals surface area contributed by atoms with Crippen LogP contribution in [0.4, 0.5) is 4.79 Å². The Bertz CT molecular complexity index is 402. The quantitative estimate of drug-likeness (QED) is 0.669. The van der Waals surface area contributed by atoms with Crippen molar-refractivity contribution in [2.24, 2.45) is 17.8 Å². The standard InChI is InChI=1S/C15H24N2O4/c1-21-13(19)12(18)8-16-14(20)17-15-5-9-2-10(6-15)4-11(3-9)7-15/h9-12,18H,2-8H2,1H3,(H2,16,17,20). The molecule has 4 aliphatic carbocycles. The first-order chi connectivity index (χ1) is 9.99. The van der Waals surface area contributed by atoms with E-state index < -0.39 is 12.1 Å². The second-order valence-corrected chi connectivity index (χ2v) is 7.07. The van der Waals surface area contributed by atoms with E-state index in [1.807, 2.05) is 0 Å². The lowest BCUT2D eigenvalue weighted by molar-refractivity contribution is -0.149. The highest BCUT2D eigenvalue weighted by atomic mass is 16.5. The van der Waals surface area contributed by atoms with Gasteiger partial charge in [-0.2, -0.15) is 0 Å². The van der Waals surface area contributed by atoms with Gasteiger partial charge in [-0.15, -0.1) is 0 Å². The second-order valence-electron chi connectivity index (χ2n) is 7.07. The highest BCUT2D eigenvalue weighted by Crippen LogP contribution is 2.55. The number of rotatable bonds is 4. The fourth-order valence-electron chi connectivity index (χ4n) is 4.96. The lowest BCUT2D eigenvalue weighted by Crippen LogP contribution is -2.61. The van der Waals surface area contributed by atoms with Crippen LogP contribution in [0, 0.1) is 17.8 Å². The first-order valence-corrected chi connectivity index (χ1v) is 7.81. The van der Waals surface area contributed by atoms with E-state index in [1.165, 1.54) is 26.4 Å². The molecule has 0 aromatic heterocycles. The molecule has 3 N–H and O–H groups in total. The highest BCUT2D eigenvalue weighted by Gasteiger charge is 2.51. The van der Waals surface area contributed by atoms with Gasteiger partial charge in [0.25, 0.3) is 0 Å². The van der Waals surface area contributed by atoms with Crippen LogP contribution in [0.5, 0.6) is 0 Å². The molecule has 0 spiro atoms. The first kappa shape index (κ1) is 14.6. The van der Waals surface area contributed by atoms with Crippen LogP contribution in [0.1, 0.15) is 38.5 Å². The number of urea groups is 1. The maximum absolute atomic E-state index is 12.1. The molecule has 4 aliphatic rings. The molecule has 0 radical (unpaired) electrons. The molecule has 118 valence electrons. The van der Waals surface area contributed by atoms with Crippen LogP contribution in [0.2, 0.25) is 0 Å². The molecule has 1 atom stereocenters. The van der Waals surface area contributed by atoms with Crippen molar-refractivity contribution in [3.63, 3.8) is 0 Å². The second kappa shape index (κ2) is 5.48. The van der Waals surface area contributed by atoms with Crippen LogP contribution >= 0.6 is 0 Å². The lowest BCUT2D eigenvalue weighted by Gasteiger charge is -2.56. The van der Waals surface area contributed by atoms with Gasteiger partial charge in [0.05, 0.1) is 13.7 Å². The number of aliphatic hydroxyl groups excluding tert-OH is 1. The van der Waals surface area contributed by atoms with E-state index >= 15 is 0 Å². The Labute approximate surface area is 124 Å². The molecular weight excluding hydrogens is 272 g/mol. The molecule has 4 saturated carbocycles. The average Bonchev–Trinajstić information content (AvgIpc) is 2.41. The Hall–Kier alpha value is -1.30. The van der Waals surface area contributed by atoms with Gasteiger partial charge < -0.3 is 20.5 Å². The Kier molecular flexibility index (Phi) is 3.82. The molecule has 4 bridgehead atoms. The Morgan fingerprint density at radius 1 is 1.19 bits per heavy atom. The molecule has 4 fully saturated rings. The topological polar surface area (TPSA) is 87.7 Å². The predicted octanol–water partition coefficient (Wildman–Crippen LogP) is 0.788. The first-order valence-electron chi connectivity index (χ1n) is 7.81. The third-order valence-electron chi connectivity index (χ3n) is 5.35. The molecule has 0 heterocycles. The number of hydrogen-bond acceptors (Lipinski definition) is 4. The van der Waals surface area contributed by atoms with Gasteiger partial charge in [-0.1, -0.05) is 0 Å². The molecule has 0 aromatic rings. The van der Waals surface area contributed by atoms with Gasteiger partial charge >= 0.3 is 12.0 Å². The molecule has 0 aliphatic heterocycles. The number of aliphatic hydroxyl groups is 1. The van der Waals surface area contributed by atoms with Crippen molar-refractivity contribution in [1.29, 1.82) is 0 Å². The summed E-state index contributed by atoms with van der Waals surface area (Å²) in [6.45, 7) is -0.120. The largest absolute Gasteiger partial charge is 0.467 e. The normalized spacial score (nSPS) is 37.9. The van der Waals surface area contributed by atoms with Gasteiger partial charge in [0, 0.05) is 5.54 Å². The molecule has 2 amide bonds. The molecule has 0 aromatic carbocycles. The Morgan fingerprint density at radius 2 is 1.71 bits per heavy atom. The maximum atomic E-state index is 12.1. The zero-order valence-electron chi connectivity index (χ0n) is 12.4. The van der Waals surface area contributed by atoms with Crippen LogP contribution in [0.3, 0.4) is 0 Å². The zero-order chi connectivity index (χ0) is 15.0. The summed E-state index contributed by atoms with van der Waals surface area (Å²) in [5, 5.41) is 15.2. The summed E-state index contributed by atoms with van der Waals surface area (Å²) >= 11 is 0. The van der Waals surface area contributed by atoms with Gasteiger partial charge in [0.15, 0.2) is 6.10 Å². The van der Waals surface area contributed by atoms with Crippen molar-refractivity contribution < 1.29 is 19.4 Å². The minimum atomic E-state index is -1.31. The van der Waals surface area contributed by atoms with E-state index in [0.717, 1.165) is 37.0 Å². The van der Waals surface area contributed by atoms with Crippen molar-refractivity contribution >= 4 is 12.0 Å². The molecule has 6 nitrogen and oxygen atoms in total. The fourth-order valence-corrected chi connectivity index (χ4v) is 4.96. The summed E-state index contributed by atoms with van der Waals surface area (Å²) < 4.78 is 4.42. The number of carbonyl (C=O) groups excluding carboxylic acids is 2. The van der Waals surface area contributed by atoms with Crippen LogP contribution < -0.4 is 10.6 Å². The number of esters is 1. The summed E-state index contributed by atoms with van der Waals surface area (Å²) in [7, 11) is 1.21. The summed E-state index contributed by atoms with van der Waals surface area (Å²) in [5.74, 6) is 1.55. The number of amides is 2. The monoisotopic (exact) mass is 296 g/mol. The molecule has 6 heteroatoms. The van der Waals surface area contributed by atoms with E-state index in [1.54, 1.807) is 0 Å². The number of hydrogen-bond donors (Lipinski definition) is 3. The van der Waals surface area contributed by atoms with E-state index in [2.05, 4.69) is 15.4 Å². The Morgan fingerprint density at radius 3 is 2.19 bits per heavy atom.